The molecule has 5 heteroatoms. The molecule has 108 valence electrons. The predicted octanol–water partition coefficient (Wildman–Crippen LogP) is 1.73. The average Bonchev–Trinajstić information content (AvgIpc) is 2.72. The lowest BCUT2D eigenvalue weighted by Crippen LogP contribution is -2.32. The Morgan fingerprint density at radius 2 is 2.00 bits per heavy atom. The number of nitrogens with one attached hydrogen (secondary N) is 2. The van der Waals surface area contributed by atoms with Crippen molar-refractivity contribution < 1.29 is 8.42 Å². The highest BCUT2D eigenvalue weighted by Crippen LogP contribution is 2.30. The molecule has 1 fully saturated rings. The molecule has 1 aliphatic rings. The predicted molar refractivity (Wildman–Crippen MR) is 76.1 cm³/mol. The zero-order chi connectivity index (χ0) is 13.4. The van der Waals surface area contributed by atoms with Gasteiger partial charge in [0.05, 0.1) is 5.75 Å². The van der Waals surface area contributed by atoms with Crippen LogP contribution in [0.5, 0.6) is 0 Å². The second-order valence-corrected chi connectivity index (χ2v) is 7.32. The molecule has 1 aliphatic carbocycles. The Morgan fingerprint density at radius 3 is 2.61 bits per heavy atom. The molecule has 0 heterocycles. The highest BCUT2D eigenvalue weighted by molar-refractivity contribution is 7.89. The Bertz CT molecular complexity index is 317. The van der Waals surface area contributed by atoms with Gasteiger partial charge in [0.15, 0.2) is 0 Å². The maximum absolute atomic E-state index is 11.8. The fraction of sp³-hybridized carbons (Fsp3) is 1.00. The van der Waals surface area contributed by atoms with Gasteiger partial charge in [-0.2, -0.15) is 0 Å². The van der Waals surface area contributed by atoms with E-state index in [-0.39, 0.29) is 5.75 Å². The van der Waals surface area contributed by atoms with E-state index in [0.717, 1.165) is 25.9 Å². The van der Waals surface area contributed by atoms with Gasteiger partial charge < -0.3 is 5.32 Å². The third kappa shape index (κ3) is 6.16. The van der Waals surface area contributed by atoms with Crippen molar-refractivity contribution in [2.75, 3.05) is 25.4 Å². The summed E-state index contributed by atoms with van der Waals surface area (Å²) < 4.78 is 26.4. The van der Waals surface area contributed by atoms with E-state index in [9.17, 15) is 8.42 Å². The smallest absolute Gasteiger partial charge is 0.211 e. The van der Waals surface area contributed by atoms with Gasteiger partial charge in [0, 0.05) is 6.54 Å². The SMILES string of the molecule is CCNCCCCS(=O)(=O)NCC1CCCC1C. The van der Waals surface area contributed by atoms with Crippen LogP contribution in [0.25, 0.3) is 0 Å². The summed E-state index contributed by atoms with van der Waals surface area (Å²) in [6.45, 7) is 6.77. The number of sulfonamides is 1. The maximum Gasteiger partial charge on any atom is 0.211 e. The molecule has 0 aromatic rings. The van der Waals surface area contributed by atoms with Crippen LogP contribution in [0.4, 0.5) is 0 Å². The number of rotatable bonds is 9. The molecular weight excluding hydrogens is 248 g/mol. The van der Waals surface area contributed by atoms with Crippen molar-refractivity contribution in [2.45, 2.75) is 46.0 Å². The summed E-state index contributed by atoms with van der Waals surface area (Å²) >= 11 is 0. The van der Waals surface area contributed by atoms with E-state index >= 15 is 0 Å². The van der Waals surface area contributed by atoms with Crippen LogP contribution in [-0.4, -0.2) is 33.8 Å². The number of unbranched alkanes of at least 4 members (excludes halogenated alkanes) is 1. The Morgan fingerprint density at radius 1 is 1.22 bits per heavy atom. The highest BCUT2D eigenvalue weighted by Gasteiger charge is 2.24. The van der Waals surface area contributed by atoms with Gasteiger partial charge >= 0.3 is 0 Å². The Balaban J connectivity index is 2.15. The topological polar surface area (TPSA) is 58.2 Å². The van der Waals surface area contributed by atoms with E-state index in [1.807, 2.05) is 0 Å². The van der Waals surface area contributed by atoms with Crippen LogP contribution >= 0.6 is 0 Å². The molecule has 0 bridgehead atoms. The summed E-state index contributed by atoms with van der Waals surface area (Å²) in [6, 6.07) is 0. The van der Waals surface area contributed by atoms with Crippen molar-refractivity contribution in [3.63, 3.8) is 0 Å². The molecule has 0 aromatic heterocycles. The van der Waals surface area contributed by atoms with E-state index in [4.69, 9.17) is 0 Å². The van der Waals surface area contributed by atoms with Gasteiger partial charge in [0.2, 0.25) is 10.0 Å². The third-order valence-electron chi connectivity index (χ3n) is 3.87. The minimum atomic E-state index is -3.06. The first-order valence-electron chi connectivity index (χ1n) is 7.23. The molecular formula is C13H28N2O2S. The summed E-state index contributed by atoms with van der Waals surface area (Å²) in [5.41, 5.74) is 0. The van der Waals surface area contributed by atoms with Crippen LogP contribution in [0.2, 0.25) is 0 Å². The monoisotopic (exact) mass is 276 g/mol. The van der Waals surface area contributed by atoms with Crippen molar-refractivity contribution in [3.05, 3.63) is 0 Å². The summed E-state index contributed by atoms with van der Waals surface area (Å²) in [7, 11) is -3.06. The van der Waals surface area contributed by atoms with Gasteiger partial charge in [-0.3, -0.25) is 0 Å². The second-order valence-electron chi connectivity index (χ2n) is 5.40. The minimum Gasteiger partial charge on any atom is -0.317 e. The van der Waals surface area contributed by atoms with Gasteiger partial charge in [-0.15, -0.1) is 0 Å². The van der Waals surface area contributed by atoms with E-state index in [2.05, 4.69) is 23.9 Å². The lowest BCUT2D eigenvalue weighted by atomic mass is 9.99. The van der Waals surface area contributed by atoms with Crippen molar-refractivity contribution >= 4 is 10.0 Å². The van der Waals surface area contributed by atoms with Crippen molar-refractivity contribution in [1.82, 2.24) is 10.0 Å². The van der Waals surface area contributed by atoms with Crippen molar-refractivity contribution in [1.29, 1.82) is 0 Å². The first kappa shape index (κ1) is 15.9. The third-order valence-corrected chi connectivity index (χ3v) is 5.30. The van der Waals surface area contributed by atoms with E-state index < -0.39 is 10.0 Å². The molecule has 4 nitrogen and oxygen atoms in total. The molecule has 1 rings (SSSR count). The molecule has 0 amide bonds. The standard InChI is InChI=1S/C13H28N2O2S/c1-3-14-9-4-5-10-18(16,17)15-11-13-8-6-7-12(13)2/h12-15H,3-11H2,1-2H3. The van der Waals surface area contributed by atoms with E-state index in [1.165, 1.54) is 19.3 Å². The average molecular weight is 276 g/mol. The Hall–Kier alpha value is -0.130. The van der Waals surface area contributed by atoms with Gasteiger partial charge in [0.25, 0.3) is 0 Å². The van der Waals surface area contributed by atoms with Crippen LogP contribution in [0.15, 0.2) is 0 Å². The molecule has 0 spiro atoms. The van der Waals surface area contributed by atoms with E-state index in [1.54, 1.807) is 0 Å². The fourth-order valence-corrected chi connectivity index (χ4v) is 3.75. The minimum absolute atomic E-state index is 0.263. The quantitative estimate of drug-likeness (QED) is 0.631. The molecule has 18 heavy (non-hydrogen) atoms. The van der Waals surface area contributed by atoms with Crippen LogP contribution in [0.3, 0.4) is 0 Å². The van der Waals surface area contributed by atoms with E-state index in [0.29, 0.717) is 18.4 Å². The molecule has 0 saturated heterocycles. The first-order valence-corrected chi connectivity index (χ1v) is 8.88. The molecule has 0 aliphatic heterocycles. The molecule has 0 aromatic carbocycles. The molecule has 2 N–H and O–H groups in total. The molecule has 2 atom stereocenters. The van der Waals surface area contributed by atoms with Crippen LogP contribution in [0, 0.1) is 11.8 Å². The Labute approximate surface area is 112 Å². The maximum atomic E-state index is 11.8. The van der Waals surface area contributed by atoms with Gasteiger partial charge in [0.1, 0.15) is 0 Å². The van der Waals surface area contributed by atoms with Crippen molar-refractivity contribution in [3.8, 4) is 0 Å². The van der Waals surface area contributed by atoms with Gasteiger partial charge in [-0.25, -0.2) is 13.1 Å². The summed E-state index contributed by atoms with van der Waals surface area (Å²) in [4.78, 5) is 0. The zero-order valence-corrected chi connectivity index (χ0v) is 12.6. The number of hydrogen-bond acceptors (Lipinski definition) is 3. The lowest BCUT2D eigenvalue weighted by molar-refractivity contribution is 0.414. The summed E-state index contributed by atoms with van der Waals surface area (Å²) in [6.07, 6.45) is 5.33. The first-order chi connectivity index (χ1) is 8.55. The Kier molecular flexibility index (Phi) is 7.19. The zero-order valence-electron chi connectivity index (χ0n) is 11.7. The highest BCUT2D eigenvalue weighted by atomic mass is 32.2. The fourth-order valence-electron chi connectivity index (χ4n) is 2.55. The normalized spacial score (nSPS) is 24.6. The van der Waals surface area contributed by atoms with Crippen LogP contribution in [0.1, 0.15) is 46.0 Å². The van der Waals surface area contributed by atoms with Gasteiger partial charge in [-0.05, 0) is 44.2 Å². The van der Waals surface area contributed by atoms with Gasteiger partial charge in [-0.1, -0.05) is 26.7 Å². The molecule has 2 unspecified atom stereocenters. The van der Waals surface area contributed by atoms with Crippen LogP contribution < -0.4 is 10.0 Å². The van der Waals surface area contributed by atoms with Crippen molar-refractivity contribution in [2.24, 2.45) is 11.8 Å². The summed E-state index contributed by atoms with van der Waals surface area (Å²) in [5.74, 6) is 1.47. The van der Waals surface area contributed by atoms with Crippen LogP contribution in [-0.2, 0) is 10.0 Å². The number of hydrogen-bond donors (Lipinski definition) is 2. The second kappa shape index (κ2) is 8.12. The summed E-state index contributed by atoms with van der Waals surface area (Å²) in [5, 5.41) is 3.20. The lowest BCUT2D eigenvalue weighted by Gasteiger charge is -2.16. The molecule has 0 radical (unpaired) electrons. The molecule has 1 saturated carbocycles. The largest absolute Gasteiger partial charge is 0.317 e.